The molecule has 0 amide bonds. The maximum Gasteiger partial charge on any atom is 0.329 e. The fraction of sp³-hybridized carbons (Fsp3) is 0.700. The smallest absolute Gasteiger partial charge is 0.329 e. The first kappa shape index (κ1) is 19.9. The van der Waals surface area contributed by atoms with Crippen molar-refractivity contribution in [3.63, 3.8) is 0 Å². The number of ether oxygens (including phenoxy) is 1. The number of ketones is 1. The fourth-order valence-electron chi connectivity index (χ4n) is 3.66. The zero-order chi connectivity index (χ0) is 18.2. The molecule has 2 N–H and O–H groups in total. The summed E-state index contributed by atoms with van der Waals surface area (Å²) < 4.78 is 5.01. The molecule has 5 atom stereocenters. The molecule has 1 fully saturated rings. The summed E-state index contributed by atoms with van der Waals surface area (Å²) in [4.78, 5) is 22.4. The van der Waals surface area contributed by atoms with Crippen LogP contribution in [0.4, 0.5) is 0 Å². The van der Waals surface area contributed by atoms with Gasteiger partial charge in [0.15, 0.2) is 5.78 Å². The van der Waals surface area contributed by atoms with Crippen LogP contribution < -0.4 is 0 Å². The first-order valence-electron chi connectivity index (χ1n) is 9.39. The lowest BCUT2D eigenvalue weighted by Gasteiger charge is -2.15. The van der Waals surface area contributed by atoms with Gasteiger partial charge in [-0.15, -0.1) is 0 Å². The molecule has 0 aromatic rings. The van der Waals surface area contributed by atoms with Gasteiger partial charge in [0.05, 0.1) is 6.10 Å². The molecule has 25 heavy (non-hydrogen) atoms. The Morgan fingerprint density at radius 1 is 1.40 bits per heavy atom. The van der Waals surface area contributed by atoms with E-state index >= 15 is 0 Å². The molecule has 140 valence electrons. The standard InChI is InChI=1S/C20H30O5/c1-2-14-11-16(14)12-17(21)8-6-15-7-9-19(22)18(15)5-3-4-10-25-13-20(23)24/h6-9,14-18,21H,2-5,10-13H2,1H3,(H,23,24)/b8-6+/t14?,15-,16?,17?,18+/m0/s1. The largest absolute Gasteiger partial charge is 0.480 e. The summed E-state index contributed by atoms with van der Waals surface area (Å²) in [6.45, 7) is 2.33. The molecule has 0 aromatic carbocycles. The molecule has 0 bridgehead atoms. The number of rotatable bonds is 12. The normalized spacial score (nSPS) is 29.4. The Balaban J connectivity index is 1.68. The van der Waals surface area contributed by atoms with Crippen LogP contribution in [0.1, 0.15) is 45.4 Å². The number of aliphatic hydroxyl groups is 1. The van der Waals surface area contributed by atoms with Gasteiger partial charge < -0.3 is 14.9 Å². The molecule has 0 aliphatic heterocycles. The van der Waals surface area contributed by atoms with Crippen molar-refractivity contribution in [2.24, 2.45) is 23.7 Å². The fourth-order valence-corrected chi connectivity index (χ4v) is 3.66. The Kier molecular flexibility index (Phi) is 7.85. The summed E-state index contributed by atoms with van der Waals surface area (Å²) in [5, 5.41) is 18.6. The van der Waals surface area contributed by atoms with Crippen LogP contribution in [-0.2, 0) is 14.3 Å². The Hall–Kier alpha value is -1.46. The Morgan fingerprint density at radius 3 is 2.88 bits per heavy atom. The van der Waals surface area contributed by atoms with Gasteiger partial charge in [0.1, 0.15) is 6.61 Å². The molecular weight excluding hydrogens is 320 g/mol. The van der Waals surface area contributed by atoms with Crippen LogP contribution >= 0.6 is 0 Å². The van der Waals surface area contributed by atoms with Gasteiger partial charge in [-0.3, -0.25) is 4.79 Å². The second kappa shape index (κ2) is 9.88. The Labute approximate surface area is 149 Å². The number of unbranched alkanes of at least 4 members (excludes halogenated alkanes) is 1. The summed E-state index contributed by atoms with van der Waals surface area (Å²) >= 11 is 0. The van der Waals surface area contributed by atoms with Crippen molar-refractivity contribution in [2.75, 3.05) is 13.2 Å². The SMILES string of the molecule is CCC1CC1CC(O)/C=C/[C@H]1C=CC(=O)[C@@H]1CCCCOCC(=O)O. The number of carbonyl (C=O) groups is 2. The average Bonchev–Trinajstić information content (AvgIpc) is 3.23. The van der Waals surface area contributed by atoms with E-state index in [1.165, 1.54) is 12.8 Å². The molecule has 1 saturated carbocycles. The van der Waals surface area contributed by atoms with Gasteiger partial charge in [-0.2, -0.15) is 0 Å². The number of aliphatic hydroxyl groups excluding tert-OH is 1. The first-order valence-corrected chi connectivity index (χ1v) is 9.39. The lowest BCUT2D eigenvalue weighted by atomic mass is 9.89. The number of hydrogen-bond acceptors (Lipinski definition) is 4. The lowest BCUT2D eigenvalue weighted by molar-refractivity contribution is -0.142. The first-order chi connectivity index (χ1) is 12.0. The van der Waals surface area contributed by atoms with Gasteiger partial charge in [-0.25, -0.2) is 4.79 Å². The minimum Gasteiger partial charge on any atom is -0.480 e. The molecule has 2 rings (SSSR count). The predicted octanol–water partition coefficient (Wildman–Crippen LogP) is 2.98. The summed E-state index contributed by atoms with van der Waals surface area (Å²) in [6, 6.07) is 0. The number of carboxylic acid groups (broad SMARTS) is 1. The van der Waals surface area contributed by atoms with Gasteiger partial charge in [0, 0.05) is 18.4 Å². The molecule has 0 heterocycles. The summed E-state index contributed by atoms with van der Waals surface area (Å²) in [5.74, 6) is 0.619. The van der Waals surface area contributed by atoms with Gasteiger partial charge in [-0.05, 0) is 43.6 Å². The number of allylic oxidation sites excluding steroid dienone is 3. The molecule has 0 radical (unpaired) electrons. The van der Waals surface area contributed by atoms with E-state index in [0.29, 0.717) is 12.5 Å². The Morgan fingerprint density at radius 2 is 2.20 bits per heavy atom. The van der Waals surface area contributed by atoms with Crippen molar-refractivity contribution in [2.45, 2.75) is 51.6 Å². The second-order valence-electron chi connectivity index (χ2n) is 7.24. The summed E-state index contributed by atoms with van der Waals surface area (Å²) in [7, 11) is 0. The highest BCUT2D eigenvalue weighted by atomic mass is 16.5. The molecule has 2 aliphatic carbocycles. The molecule has 3 unspecified atom stereocenters. The number of carboxylic acids is 1. The van der Waals surface area contributed by atoms with Crippen LogP contribution in [0, 0.1) is 23.7 Å². The van der Waals surface area contributed by atoms with E-state index in [-0.39, 0.29) is 24.2 Å². The lowest BCUT2D eigenvalue weighted by Crippen LogP contribution is -2.15. The average molecular weight is 350 g/mol. The second-order valence-corrected chi connectivity index (χ2v) is 7.24. The third kappa shape index (κ3) is 6.75. The zero-order valence-electron chi connectivity index (χ0n) is 15.0. The van der Waals surface area contributed by atoms with Gasteiger partial charge >= 0.3 is 5.97 Å². The van der Waals surface area contributed by atoms with E-state index in [4.69, 9.17) is 9.84 Å². The topological polar surface area (TPSA) is 83.8 Å². The molecule has 0 saturated heterocycles. The van der Waals surface area contributed by atoms with Crippen LogP contribution in [-0.4, -0.2) is 41.3 Å². The summed E-state index contributed by atoms with van der Waals surface area (Å²) in [5.41, 5.74) is 0. The predicted molar refractivity (Wildman–Crippen MR) is 95.1 cm³/mol. The van der Waals surface area contributed by atoms with Gasteiger partial charge in [0.25, 0.3) is 0 Å². The van der Waals surface area contributed by atoms with Crippen LogP contribution in [0.25, 0.3) is 0 Å². The highest BCUT2D eigenvalue weighted by Gasteiger charge is 2.36. The minimum atomic E-state index is -0.963. The van der Waals surface area contributed by atoms with Crippen LogP contribution in [0.15, 0.2) is 24.3 Å². The van der Waals surface area contributed by atoms with E-state index < -0.39 is 12.1 Å². The van der Waals surface area contributed by atoms with Crippen LogP contribution in [0.2, 0.25) is 0 Å². The molecule has 0 aromatic heterocycles. The third-order valence-electron chi connectivity index (χ3n) is 5.29. The molecule has 5 heteroatoms. The third-order valence-corrected chi connectivity index (χ3v) is 5.29. The van der Waals surface area contributed by atoms with E-state index in [1.54, 1.807) is 6.08 Å². The number of carbonyl (C=O) groups excluding carboxylic acids is 1. The zero-order valence-corrected chi connectivity index (χ0v) is 15.0. The van der Waals surface area contributed by atoms with Crippen molar-refractivity contribution in [1.82, 2.24) is 0 Å². The van der Waals surface area contributed by atoms with E-state index in [1.807, 2.05) is 18.2 Å². The molecule has 5 nitrogen and oxygen atoms in total. The van der Waals surface area contributed by atoms with Crippen LogP contribution in [0.3, 0.4) is 0 Å². The van der Waals surface area contributed by atoms with Gasteiger partial charge in [-0.1, -0.05) is 38.0 Å². The summed E-state index contributed by atoms with van der Waals surface area (Å²) in [6.07, 6.45) is 12.5. The molecule has 2 aliphatic rings. The Bertz CT molecular complexity index is 510. The van der Waals surface area contributed by atoms with Crippen molar-refractivity contribution >= 4 is 11.8 Å². The van der Waals surface area contributed by atoms with Crippen molar-refractivity contribution in [1.29, 1.82) is 0 Å². The van der Waals surface area contributed by atoms with E-state index in [2.05, 4.69) is 6.92 Å². The highest BCUT2D eigenvalue weighted by Crippen LogP contribution is 2.44. The maximum atomic E-state index is 12.0. The van der Waals surface area contributed by atoms with E-state index in [9.17, 15) is 14.7 Å². The number of hydrogen-bond donors (Lipinski definition) is 2. The maximum absolute atomic E-state index is 12.0. The quantitative estimate of drug-likeness (QED) is 0.417. The monoisotopic (exact) mass is 350 g/mol. The van der Waals surface area contributed by atoms with Crippen LogP contribution in [0.5, 0.6) is 0 Å². The van der Waals surface area contributed by atoms with Gasteiger partial charge in [0.2, 0.25) is 0 Å². The van der Waals surface area contributed by atoms with Crippen molar-refractivity contribution in [3.8, 4) is 0 Å². The van der Waals surface area contributed by atoms with Crippen molar-refractivity contribution in [3.05, 3.63) is 24.3 Å². The van der Waals surface area contributed by atoms with E-state index in [0.717, 1.165) is 31.6 Å². The van der Waals surface area contributed by atoms with Crippen molar-refractivity contribution < 1.29 is 24.5 Å². The number of aliphatic carboxylic acids is 1. The highest BCUT2D eigenvalue weighted by molar-refractivity contribution is 5.94. The minimum absolute atomic E-state index is 0.0586. The molecule has 0 spiro atoms. The molecular formula is C20H30O5.